The highest BCUT2D eigenvalue weighted by Crippen LogP contribution is 2.40. The van der Waals surface area contributed by atoms with Gasteiger partial charge in [-0.2, -0.15) is 0 Å². The Labute approximate surface area is 96.3 Å². The lowest BCUT2D eigenvalue weighted by molar-refractivity contribution is -0.138. The summed E-state index contributed by atoms with van der Waals surface area (Å²) in [7, 11) is 0. The van der Waals surface area contributed by atoms with E-state index in [0.29, 0.717) is 12.3 Å². The van der Waals surface area contributed by atoms with Crippen molar-refractivity contribution in [3.8, 4) is 0 Å². The average molecular weight is 218 g/mol. The van der Waals surface area contributed by atoms with Gasteiger partial charge >= 0.3 is 5.97 Å². The van der Waals surface area contributed by atoms with Crippen LogP contribution in [-0.2, 0) is 4.79 Å². The molecule has 1 aromatic rings. The highest BCUT2D eigenvalue weighted by molar-refractivity contribution is 5.76. The summed E-state index contributed by atoms with van der Waals surface area (Å²) >= 11 is 0. The van der Waals surface area contributed by atoms with Crippen LogP contribution in [0, 0.1) is 0 Å². The van der Waals surface area contributed by atoms with Gasteiger partial charge in [0.2, 0.25) is 0 Å². The van der Waals surface area contributed by atoms with Crippen LogP contribution in [0.5, 0.6) is 0 Å². The predicted octanol–water partition coefficient (Wildman–Crippen LogP) is 3.53. The first-order valence-corrected chi connectivity index (χ1v) is 6.05. The maximum absolute atomic E-state index is 11.2. The van der Waals surface area contributed by atoms with E-state index in [2.05, 4.69) is 6.07 Å². The van der Waals surface area contributed by atoms with Gasteiger partial charge < -0.3 is 5.11 Å². The van der Waals surface area contributed by atoms with Gasteiger partial charge in [-0.3, -0.25) is 4.79 Å². The first kappa shape index (κ1) is 11.2. The Morgan fingerprint density at radius 1 is 1.44 bits per heavy atom. The number of rotatable bonds is 4. The van der Waals surface area contributed by atoms with Crippen LogP contribution in [-0.4, -0.2) is 11.1 Å². The predicted molar refractivity (Wildman–Crippen MR) is 63.7 cm³/mol. The van der Waals surface area contributed by atoms with Crippen molar-refractivity contribution in [3.63, 3.8) is 0 Å². The quantitative estimate of drug-likeness (QED) is 0.839. The van der Waals surface area contributed by atoms with E-state index in [-0.39, 0.29) is 5.92 Å². The van der Waals surface area contributed by atoms with Crippen molar-refractivity contribution in [1.82, 2.24) is 0 Å². The Morgan fingerprint density at radius 3 is 2.62 bits per heavy atom. The molecule has 1 atom stereocenters. The Bertz CT molecular complexity index is 380. The lowest BCUT2D eigenvalue weighted by Crippen LogP contribution is -2.17. The SMILES string of the molecule is CCC(C(=O)O)c1ccccc1C1CCC1. The number of benzene rings is 1. The van der Waals surface area contributed by atoms with Crippen LogP contribution in [0.25, 0.3) is 0 Å². The van der Waals surface area contributed by atoms with Crippen molar-refractivity contribution in [2.45, 2.75) is 44.4 Å². The topological polar surface area (TPSA) is 37.3 Å². The van der Waals surface area contributed by atoms with Gasteiger partial charge in [0, 0.05) is 0 Å². The molecule has 2 nitrogen and oxygen atoms in total. The molecule has 0 amide bonds. The van der Waals surface area contributed by atoms with E-state index in [1.165, 1.54) is 24.8 Å². The fraction of sp³-hybridized carbons (Fsp3) is 0.500. The summed E-state index contributed by atoms with van der Waals surface area (Å²) in [4.78, 5) is 11.2. The summed E-state index contributed by atoms with van der Waals surface area (Å²) < 4.78 is 0. The van der Waals surface area contributed by atoms with E-state index in [9.17, 15) is 9.90 Å². The molecule has 1 aliphatic carbocycles. The number of carboxylic acids is 1. The Hall–Kier alpha value is -1.31. The molecule has 0 aliphatic heterocycles. The zero-order valence-electron chi connectivity index (χ0n) is 9.65. The lowest BCUT2D eigenvalue weighted by Gasteiger charge is -2.29. The first-order chi connectivity index (χ1) is 7.74. The molecule has 1 aromatic carbocycles. The molecular formula is C14H18O2. The number of carbonyl (C=O) groups is 1. The maximum Gasteiger partial charge on any atom is 0.310 e. The van der Waals surface area contributed by atoms with E-state index in [1.54, 1.807) is 0 Å². The van der Waals surface area contributed by atoms with Crippen LogP contribution in [0.2, 0.25) is 0 Å². The van der Waals surface area contributed by atoms with E-state index in [1.807, 2.05) is 25.1 Å². The monoisotopic (exact) mass is 218 g/mol. The molecule has 2 rings (SSSR count). The molecule has 0 radical (unpaired) electrons. The first-order valence-electron chi connectivity index (χ1n) is 6.05. The Morgan fingerprint density at radius 2 is 2.12 bits per heavy atom. The highest BCUT2D eigenvalue weighted by atomic mass is 16.4. The summed E-state index contributed by atoms with van der Waals surface area (Å²) in [5.74, 6) is -0.435. The summed E-state index contributed by atoms with van der Waals surface area (Å²) in [6, 6.07) is 8.05. The summed E-state index contributed by atoms with van der Waals surface area (Å²) in [6.07, 6.45) is 4.38. The van der Waals surface area contributed by atoms with Gasteiger partial charge in [-0.1, -0.05) is 37.6 Å². The van der Waals surface area contributed by atoms with Crippen LogP contribution in [0.1, 0.15) is 55.6 Å². The summed E-state index contributed by atoms with van der Waals surface area (Å²) in [6.45, 7) is 1.94. The molecule has 1 saturated carbocycles. The van der Waals surface area contributed by atoms with Crippen molar-refractivity contribution >= 4 is 5.97 Å². The largest absolute Gasteiger partial charge is 0.481 e. The molecule has 0 saturated heterocycles. The molecule has 1 aliphatic rings. The standard InChI is InChI=1S/C14H18O2/c1-2-11(14(15)16)13-9-4-3-8-12(13)10-6-5-7-10/h3-4,8-11H,2,5-7H2,1H3,(H,15,16). The number of carboxylic acid groups (broad SMARTS) is 1. The second-order valence-electron chi connectivity index (χ2n) is 4.56. The van der Waals surface area contributed by atoms with Gasteiger partial charge in [0.25, 0.3) is 0 Å². The third-order valence-corrected chi connectivity index (χ3v) is 3.62. The van der Waals surface area contributed by atoms with Crippen LogP contribution in [0.3, 0.4) is 0 Å². The smallest absolute Gasteiger partial charge is 0.310 e. The minimum atomic E-state index is -0.700. The van der Waals surface area contributed by atoms with Gasteiger partial charge in [-0.15, -0.1) is 0 Å². The second-order valence-corrected chi connectivity index (χ2v) is 4.56. The zero-order chi connectivity index (χ0) is 11.5. The van der Waals surface area contributed by atoms with Crippen LogP contribution < -0.4 is 0 Å². The van der Waals surface area contributed by atoms with E-state index < -0.39 is 5.97 Å². The van der Waals surface area contributed by atoms with Crippen LogP contribution in [0.4, 0.5) is 0 Å². The molecule has 2 heteroatoms. The third-order valence-electron chi connectivity index (χ3n) is 3.62. The summed E-state index contributed by atoms with van der Waals surface area (Å²) in [5.41, 5.74) is 2.30. The second kappa shape index (κ2) is 4.69. The van der Waals surface area contributed by atoms with Gasteiger partial charge in [0.15, 0.2) is 0 Å². The molecule has 0 bridgehead atoms. The normalized spacial score (nSPS) is 17.8. The van der Waals surface area contributed by atoms with Gasteiger partial charge in [0.1, 0.15) is 0 Å². The van der Waals surface area contributed by atoms with Crippen LogP contribution >= 0.6 is 0 Å². The molecule has 1 N–H and O–H groups in total. The van der Waals surface area contributed by atoms with Crippen LogP contribution in [0.15, 0.2) is 24.3 Å². The molecular weight excluding hydrogens is 200 g/mol. The number of hydrogen-bond acceptors (Lipinski definition) is 1. The molecule has 16 heavy (non-hydrogen) atoms. The lowest BCUT2D eigenvalue weighted by atomic mass is 9.76. The number of hydrogen-bond donors (Lipinski definition) is 1. The van der Waals surface area contributed by atoms with Crippen molar-refractivity contribution in [2.75, 3.05) is 0 Å². The number of aliphatic carboxylic acids is 1. The highest BCUT2D eigenvalue weighted by Gasteiger charge is 2.26. The molecule has 0 spiro atoms. The van der Waals surface area contributed by atoms with Crippen molar-refractivity contribution in [1.29, 1.82) is 0 Å². The van der Waals surface area contributed by atoms with Gasteiger partial charge in [-0.05, 0) is 36.3 Å². The molecule has 0 heterocycles. The molecule has 86 valence electrons. The van der Waals surface area contributed by atoms with Crippen molar-refractivity contribution < 1.29 is 9.90 Å². The van der Waals surface area contributed by atoms with E-state index in [4.69, 9.17) is 0 Å². The van der Waals surface area contributed by atoms with Crippen molar-refractivity contribution in [3.05, 3.63) is 35.4 Å². The summed E-state index contributed by atoms with van der Waals surface area (Å²) in [5, 5.41) is 9.22. The molecule has 1 unspecified atom stereocenters. The third kappa shape index (κ3) is 1.97. The minimum Gasteiger partial charge on any atom is -0.481 e. The molecule has 0 aromatic heterocycles. The van der Waals surface area contributed by atoms with E-state index in [0.717, 1.165) is 5.56 Å². The fourth-order valence-corrected chi connectivity index (χ4v) is 2.45. The van der Waals surface area contributed by atoms with E-state index >= 15 is 0 Å². The van der Waals surface area contributed by atoms with Gasteiger partial charge in [0.05, 0.1) is 5.92 Å². The average Bonchev–Trinajstić information content (AvgIpc) is 2.18. The van der Waals surface area contributed by atoms with Crippen molar-refractivity contribution in [2.24, 2.45) is 0 Å². The Balaban J connectivity index is 2.34. The molecule has 1 fully saturated rings. The maximum atomic E-state index is 11.2. The van der Waals surface area contributed by atoms with Gasteiger partial charge in [-0.25, -0.2) is 0 Å². The minimum absolute atomic E-state index is 0.336. The fourth-order valence-electron chi connectivity index (χ4n) is 2.45. The zero-order valence-corrected chi connectivity index (χ0v) is 9.65. The Kier molecular flexibility index (Phi) is 3.28.